The first kappa shape index (κ1) is 25.4. The average Bonchev–Trinajstić information content (AvgIpc) is 2.87. The lowest BCUT2D eigenvalue weighted by Crippen LogP contribution is -2.43. The normalized spacial score (nSPS) is 20.4. The number of hydrogen-bond acceptors (Lipinski definition) is 11. The fourth-order valence-corrected chi connectivity index (χ4v) is 4.42. The summed E-state index contributed by atoms with van der Waals surface area (Å²) in [5, 5.41) is 7.49. The van der Waals surface area contributed by atoms with E-state index in [0.29, 0.717) is 43.5 Å². The van der Waals surface area contributed by atoms with Gasteiger partial charge in [-0.25, -0.2) is 20.2 Å². The molecule has 2 aliphatic rings. The van der Waals surface area contributed by atoms with Crippen LogP contribution in [0.15, 0.2) is 30.7 Å². The number of hydrazine groups is 1. The molecule has 2 fully saturated rings. The Labute approximate surface area is 208 Å². The average molecular weight is 501 g/mol. The zero-order chi connectivity index (χ0) is 25.7. The number of aromatic nitrogens is 2. The van der Waals surface area contributed by atoms with E-state index in [1.165, 1.54) is 17.4 Å². The number of nitrogens with two attached hydrogens (primary N) is 4. The van der Waals surface area contributed by atoms with Crippen LogP contribution >= 0.6 is 0 Å². The molecule has 1 aliphatic carbocycles. The molecule has 3 heterocycles. The molecule has 2 aromatic heterocycles. The Balaban J connectivity index is 1.67. The summed E-state index contributed by atoms with van der Waals surface area (Å²) in [5.41, 5.74) is 18.2. The van der Waals surface area contributed by atoms with Gasteiger partial charge < -0.3 is 37.5 Å². The van der Waals surface area contributed by atoms with Crippen LogP contribution in [0.5, 0.6) is 0 Å². The van der Waals surface area contributed by atoms with Gasteiger partial charge in [-0.3, -0.25) is 9.80 Å². The van der Waals surface area contributed by atoms with Gasteiger partial charge in [-0.15, -0.1) is 0 Å². The van der Waals surface area contributed by atoms with E-state index in [1.54, 1.807) is 12.3 Å². The van der Waals surface area contributed by atoms with Crippen molar-refractivity contribution in [3.05, 3.63) is 42.1 Å². The summed E-state index contributed by atoms with van der Waals surface area (Å²) in [6, 6.07) is 2.57. The fourth-order valence-electron chi connectivity index (χ4n) is 4.42. The van der Waals surface area contributed by atoms with E-state index in [1.807, 2.05) is 4.90 Å². The lowest BCUT2D eigenvalue weighted by atomic mass is 9.91. The molecule has 0 spiro atoms. The topological polar surface area (TPSA) is 187 Å². The third-order valence-electron chi connectivity index (χ3n) is 6.33. The van der Waals surface area contributed by atoms with Gasteiger partial charge in [0, 0.05) is 37.6 Å². The Bertz CT molecular complexity index is 1110. The van der Waals surface area contributed by atoms with Crippen LogP contribution in [0.4, 0.5) is 33.2 Å². The second-order valence-electron chi connectivity index (χ2n) is 8.82. The van der Waals surface area contributed by atoms with E-state index in [2.05, 4.69) is 20.6 Å². The maximum atomic E-state index is 14.9. The number of morpholine rings is 1. The minimum Gasteiger partial charge on any atom is -0.403 e. The predicted octanol–water partition coefficient (Wildman–Crippen LogP) is 1.09. The maximum Gasteiger partial charge on any atom is 0.252 e. The van der Waals surface area contributed by atoms with Crippen LogP contribution in [0.3, 0.4) is 0 Å². The van der Waals surface area contributed by atoms with E-state index in [9.17, 15) is 9.18 Å². The van der Waals surface area contributed by atoms with Gasteiger partial charge in [0.1, 0.15) is 11.5 Å². The van der Waals surface area contributed by atoms with Crippen LogP contribution in [0.2, 0.25) is 0 Å². The third-order valence-corrected chi connectivity index (χ3v) is 6.33. The second kappa shape index (κ2) is 11.4. The van der Waals surface area contributed by atoms with Crippen molar-refractivity contribution in [2.24, 2.45) is 23.0 Å². The van der Waals surface area contributed by atoms with Gasteiger partial charge in [-0.1, -0.05) is 12.8 Å². The second-order valence-corrected chi connectivity index (χ2v) is 8.82. The zero-order valence-corrected chi connectivity index (χ0v) is 20.0. The molecule has 1 aliphatic heterocycles. The minimum atomic E-state index is -0.825. The lowest BCUT2D eigenvalue weighted by molar-refractivity contribution is 0.100. The Morgan fingerprint density at radius 1 is 1.22 bits per heavy atom. The quantitative estimate of drug-likeness (QED) is 0.225. The number of nitrogens with zero attached hydrogens (tertiary/aromatic N) is 4. The minimum absolute atomic E-state index is 0.00511. The van der Waals surface area contributed by atoms with Crippen LogP contribution in [0.25, 0.3) is 0 Å². The van der Waals surface area contributed by atoms with Gasteiger partial charge >= 0.3 is 0 Å². The number of carbonyl (C=O) groups is 1. The summed E-state index contributed by atoms with van der Waals surface area (Å²) in [6.07, 6.45) is 8.06. The summed E-state index contributed by atoms with van der Waals surface area (Å²) >= 11 is 0. The molecule has 1 saturated heterocycles. The molecule has 1 amide bonds. The molecule has 13 heteroatoms. The van der Waals surface area contributed by atoms with Crippen LogP contribution in [0.1, 0.15) is 36.0 Å². The number of rotatable bonds is 8. The molecule has 36 heavy (non-hydrogen) atoms. The first-order valence-corrected chi connectivity index (χ1v) is 11.9. The number of ether oxygens (including phenoxy) is 1. The molecular formula is C23H33FN10O2. The summed E-state index contributed by atoms with van der Waals surface area (Å²) in [5.74, 6) is 5.40. The molecule has 0 bridgehead atoms. The number of halogens is 1. The van der Waals surface area contributed by atoms with Gasteiger partial charge in [0.2, 0.25) is 0 Å². The van der Waals surface area contributed by atoms with Crippen molar-refractivity contribution in [3.8, 4) is 0 Å². The van der Waals surface area contributed by atoms with E-state index in [4.69, 9.17) is 27.8 Å². The van der Waals surface area contributed by atoms with Crippen molar-refractivity contribution >= 4 is 34.7 Å². The van der Waals surface area contributed by atoms with Gasteiger partial charge in [-0.2, -0.15) is 0 Å². The largest absolute Gasteiger partial charge is 0.403 e. The summed E-state index contributed by atoms with van der Waals surface area (Å²) in [6.45, 7) is 2.44. The number of nitrogens with one attached hydrogen (secondary N) is 2. The third kappa shape index (κ3) is 5.75. The van der Waals surface area contributed by atoms with Gasteiger partial charge in [0.15, 0.2) is 17.5 Å². The highest BCUT2D eigenvalue weighted by atomic mass is 19.1. The van der Waals surface area contributed by atoms with Crippen LogP contribution in [-0.2, 0) is 4.74 Å². The highest BCUT2D eigenvalue weighted by Crippen LogP contribution is 2.32. The van der Waals surface area contributed by atoms with E-state index in [0.717, 1.165) is 31.7 Å². The Kier molecular flexibility index (Phi) is 8.03. The molecule has 1 saturated carbocycles. The van der Waals surface area contributed by atoms with Crippen molar-refractivity contribution in [2.75, 3.05) is 46.8 Å². The first-order valence-electron chi connectivity index (χ1n) is 11.9. The van der Waals surface area contributed by atoms with E-state index >= 15 is 0 Å². The Hall–Kier alpha value is -3.68. The van der Waals surface area contributed by atoms with Gasteiger partial charge in [-0.05, 0) is 25.0 Å². The molecule has 0 unspecified atom stereocenters. The number of hydrogen-bond donors (Lipinski definition) is 6. The van der Waals surface area contributed by atoms with Crippen molar-refractivity contribution in [1.82, 2.24) is 9.97 Å². The first-order chi connectivity index (χ1) is 17.4. The van der Waals surface area contributed by atoms with Gasteiger partial charge in [0.05, 0.1) is 30.7 Å². The van der Waals surface area contributed by atoms with Crippen LogP contribution in [-0.4, -0.2) is 54.3 Å². The molecule has 0 radical (unpaired) electrons. The van der Waals surface area contributed by atoms with Crippen molar-refractivity contribution in [3.63, 3.8) is 0 Å². The molecule has 2 atom stereocenters. The van der Waals surface area contributed by atoms with Crippen LogP contribution in [0, 0.1) is 5.82 Å². The number of anilines is 5. The molecule has 194 valence electrons. The smallest absolute Gasteiger partial charge is 0.252 e. The molecular weight excluding hydrogens is 467 g/mol. The Morgan fingerprint density at radius 3 is 2.67 bits per heavy atom. The molecule has 4 rings (SSSR count). The SMILES string of the molecule is N/C=C\N(N)c1cc(Nc2nc(N[C@@H]3CCCC[C@@H]3N)c(F)cc2C(N)=O)cnc1N1CCOCC1. The summed E-state index contributed by atoms with van der Waals surface area (Å²) in [7, 11) is 0. The van der Waals surface area contributed by atoms with Crippen molar-refractivity contribution in [1.29, 1.82) is 0 Å². The highest BCUT2D eigenvalue weighted by molar-refractivity contribution is 5.98. The summed E-state index contributed by atoms with van der Waals surface area (Å²) < 4.78 is 20.3. The predicted molar refractivity (Wildman–Crippen MR) is 137 cm³/mol. The summed E-state index contributed by atoms with van der Waals surface area (Å²) in [4.78, 5) is 23.1. The monoisotopic (exact) mass is 500 g/mol. The van der Waals surface area contributed by atoms with Gasteiger partial charge in [0.25, 0.3) is 5.91 Å². The molecule has 12 nitrogen and oxygen atoms in total. The molecule has 10 N–H and O–H groups in total. The molecule has 2 aromatic rings. The number of amides is 1. The van der Waals surface area contributed by atoms with Crippen LogP contribution < -0.4 is 43.6 Å². The maximum absolute atomic E-state index is 14.9. The zero-order valence-electron chi connectivity index (χ0n) is 20.0. The number of primary amides is 1. The van der Waals surface area contributed by atoms with Crippen molar-refractivity contribution < 1.29 is 13.9 Å². The van der Waals surface area contributed by atoms with E-state index < -0.39 is 11.7 Å². The molecule has 0 aromatic carbocycles. The van der Waals surface area contributed by atoms with E-state index in [-0.39, 0.29) is 29.3 Å². The number of pyridine rings is 2. The number of carbonyl (C=O) groups excluding carboxylic acids is 1. The highest BCUT2D eigenvalue weighted by Gasteiger charge is 2.25. The standard InChI is InChI=1S/C23H33FN10O2/c24-16-12-15(20(27)35)21(32-22(16)31-18-4-2-1-3-17(18)26)30-14-11-19(34(28)6-5-25)23(29-13-14)33-7-9-36-10-8-33/h5-6,11-13,17-18H,1-4,7-10,25-26,28H2,(H2,27,35)(H2,30,31,32)/b6-5-/t17-,18+/m0/s1. The fraction of sp³-hybridized carbons (Fsp3) is 0.435. The van der Waals surface area contributed by atoms with Crippen molar-refractivity contribution in [2.45, 2.75) is 37.8 Å². The lowest BCUT2D eigenvalue weighted by Gasteiger charge is -2.31. The Morgan fingerprint density at radius 2 is 1.97 bits per heavy atom.